The fourth-order valence-electron chi connectivity index (χ4n) is 4.66. The summed E-state index contributed by atoms with van der Waals surface area (Å²) in [5, 5.41) is 8.30. The highest BCUT2D eigenvalue weighted by atomic mass is 32.1. The second-order valence-corrected chi connectivity index (χ2v) is 10.7. The first-order chi connectivity index (χ1) is 19.1. The third-order valence-electron chi connectivity index (χ3n) is 6.69. The normalized spacial score (nSPS) is 14.3. The second-order valence-electron chi connectivity index (χ2n) is 9.67. The monoisotopic (exact) mass is 575 g/mol. The van der Waals surface area contributed by atoms with Gasteiger partial charge in [0.1, 0.15) is 17.6 Å². The van der Waals surface area contributed by atoms with Crippen LogP contribution in [0, 0.1) is 17.0 Å². The number of nitrogens with two attached hydrogens (primary N) is 1. The number of hydrogen-bond donors (Lipinski definition) is 2. The van der Waals surface area contributed by atoms with Crippen molar-refractivity contribution < 1.29 is 31.4 Å². The van der Waals surface area contributed by atoms with Crippen LogP contribution in [-0.2, 0) is 5.92 Å². The van der Waals surface area contributed by atoms with Gasteiger partial charge in [0.2, 0.25) is 0 Å². The number of halogens is 5. The van der Waals surface area contributed by atoms with Gasteiger partial charge in [-0.2, -0.15) is 0 Å². The van der Waals surface area contributed by atoms with Crippen molar-refractivity contribution in [3.8, 4) is 27.7 Å². The van der Waals surface area contributed by atoms with Crippen LogP contribution in [0.1, 0.15) is 24.5 Å². The number of alkyl halides is 3. The molecule has 0 saturated carbocycles. The molecule has 0 bridgehead atoms. The molecule has 0 aliphatic carbocycles. The van der Waals surface area contributed by atoms with E-state index in [0.717, 1.165) is 23.6 Å². The number of nitrogen functional groups attached to an aromatic ring is 1. The van der Waals surface area contributed by atoms with Crippen LogP contribution in [0.25, 0.3) is 20.5 Å². The highest BCUT2D eigenvalue weighted by molar-refractivity contribution is 7.23. The number of likely N-dealkylation sites (tertiary alicyclic amines) is 1. The third kappa shape index (κ3) is 5.48. The van der Waals surface area contributed by atoms with Gasteiger partial charge in [-0.15, -0.1) is 11.3 Å². The zero-order valence-electron chi connectivity index (χ0n) is 21.4. The summed E-state index contributed by atoms with van der Waals surface area (Å²) in [6.45, 7) is 2.37. The van der Waals surface area contributed by atoms with Gasteiger partial charge in [0.25, 0.3) is 5.92 Å². The number of rotatable bonds is 10. The van der Waals surface area contributed by atoms with Crippen molar-refractivity contribution in [1.82, 2.24) is 4.90 Å². The lowest BCUT2D eigenvalue weighted by molar-refractivity contribution is 0.0176. The Bertz CT molecular complexity index is 1550. The maximum atomic E-state index is 14.6. The van der Waals surface area contributed by atoms with E-state index in [2.05, 4.69) is 4.90 Å². The van der Waals surface area contributed by atoms with Crippen molar-refractivity contribution in [1.29, 1.82) is 5.41 Å². The number of nitrogens with zero attached hydrogens (tertiary/aromatic N) is 1. The van der Waals surface area contributed by atoms with Gasteiger partial charge in [0.15, 0.2) is 17.4 Å². The quantitative estimate of drug-likeness (QED) is 0.115. The lowest BCUT2D eigenvalue weighted by Gasteiger charge is -2.38. The van der Waals surface area contributed by atoms with Crippen LogP contribution in [0.3, 0.4) is 0 Å². The number of benzene rings is 3. The molecule has 40 heavy (non-hydrogen) atoms. The number of ether oxygens (including phenoxy) is 2. The van der Waals surface area contributed by atoms with Crippen molar-refractivity contribution in [2.45, 2.75) is 25.4 Å². The predicted molar refractivity (Wildman–Crippen MR) is 147 cm³/mol. The fourth-order valence-corrected chi connectivity index (χ4v) is 5.94. The van der Waals surface area contributed by atoms with Crippen LogP contribution < -0.4 is 15.2 Å². The maximum absolute atomic E-state index is 14.6. The maximum Gasteiger partial charge on any atom is 0.271 e. The molecule has 0 radical (unpaired) electrons. The van der Waals surface area contributed by atoms with Gasteiger partial charge in [-0.3, -0.25) is 9.29 Å². The summed E-state index contributed by atoms with van der Waals surface area (Å²) in [6, 6.07) is 11.2. The standard InChI is InChI=1S/C29H26F5N3O2S/c1-29(33,34)22-12-24(32)23(31)11-20(22)28-26(19-7-8-25(36)21(13-35)27(19)40-28)39-17-5-3-16(4-6-17)38-18-14-37(15-18)10-2-9-30/h3-8,11-13,18,35H,2,9-10,14-15,36H2,1H3. The number of thiophene rings is 1. The first-order valence-corrected chi connectivity index (χ1v) is 13.4. The second kappa shape index (κ2) is 11.1. The Labute approximate surface area is 231 Å². The Kier molecular flexibility index (Phi) is 7.70. The topological polar surface area (TPSA) is 71.6 Å². The molecule has 1 aromatic heterocycles. The van der Waals surface area contributed by atoms with Crippen LogP contribution in [0.15, 0.2) is 48.5 Å². The molecule has 210 valence electrons. The summed E-state index contributed by atoms with van der Waals surface area (Å²) in [4.78, 5) is 2.24. The Hall–Kier alpha value is -3.70. The Morgan fingerprint density at radius 2 is 1.75 bits per heavy atom. The van der Waals surface area contributed by atoms with Gasteiger partial charge >= 0.3 is 0 Å². The van der Waals surface area contributed by atoms with Crippen LogP contribution in [-0.4, -0.2) is 43.5 Å². The van der Waals surface area contributed by atoms with E-state index in [1.54, 1.807) is 36.4 Å². The smallest absolute Gasteiger partial charge is 0.271 e. The lowest BCUT2D eigenvalue weighted by atomic mass is 9.99. The molecule has 2 heterocycles. The minimum Gasteiger partial charge on any atom is -0.488 e. The average molecular weight is 576 g/mol. The molecule has 5 nitrogen and oxygen atoms in total. The zero-order chi connectivity index (χ0) is 28.6. The molecule has 11 heteroatoms. The van der Waals surface area contributed by atoms with Gasteiger partial charge in [-0.25, -0.2) is 17.6 Å². The van der Waals surface area contributed by atoms with E-state index in [9.17, 15) is 22.0 Å². The largest absolute Gasteiger partial charge is 0.488 e. The molecule has 1 saturated heterocycles. The summed E-state index contributed by atoms with van der Waals surface area (Å²) >= 11 is 1.00. The van der Waals surface area contributed by atoms with E-state index in [-0.39, 0.29) is 29.0 Å². The van der Waals surface area contributed by atoms with Gasteiger partial charge in [0.05, 0.1) is 11.6 Å². The van der Waals surface area contributed by atoms with E-state index >= 15 is 0 Å². The fraction of sp³-hybridized carbons (Fsp3) is 0.276. The van der Waals surface area contributed by atoms with Gasteiger partial charge < -0.3 is 20.6 Å². The van der Waals surface area contributed by atoms with E-state index in [1.807, 2.05) is 0 Å². The summed E-state index contributed by atoms with van der Waals surface area (Å²) < 4.78 is 82.6. The number of fused-ring (bicyclic) bond motifs is 1. The number of hydrogen-bond acceptors (Lipinski definition) is 6. The summed E-state index contributed by atoms with van der Waals surface area (Å²) in [5.74, 6) is -5.05. The molecule has 3 aromatic carbocycles. The van der Waals surface area contributed by atoms with Crippen molar-refractivity contribution >= 4 is 33.3 Å². The van der Waals surface area contributed by atoms with E-state index in [1.165, 1.54) is 0 Å². The molecular formula is C29H26F5N3O2S. The molecule has 0 unspecified atom stereocenters. The van der Waals surface area contributed by atoms with Gasteiger partial charge in [-0.05, 0) is 55.0 Å². The minimum atomic E-state index is -3.48. The van der Waals surface area contributed by atoms with Crippen LogP contribution in [0.2, 0.25) is 0 Å². The van der Waals surface area contributed by atoms with Crippen molar-refractivity contribution in [2.75, 3.05) is 32.0 Å². The number of anilines is 1. The molecule has 5 rings (SSSR count). The average Bonchev–Trinajstić information content (AvgIpc) is 3.25. The van der Waals surface area contributed by atoms with E-state index in [0.29, 0.717) is 71.9 Å². The molecule has 0 atom stereocenters. The van der Waals surface area contributed by atoms with Gasteiger partial charge in [-0.1, -0.05) is 0 Å². The molecule has 1 aliphatic heterocycles. The van der Waals surface area contributed by atoms with Crippen LogP contribution in [0.5, 0.6) is 17.2 Å². The molecule has 0 spiro atoms. The lowest BCUT2D eigenvalue weighted by Crippen LogP contribution is -2.53. The molecule has 4 aromatic rings. The number of nitrogens with one attached hydrogen (secondary N) is 1. The zero-order valence-corrected chi connectivity index (χ0v) is 22.3. The predicted octanol–water partition coefficient (Wildman–Crippen LogP) is 7.75. The minimum absolute atomic E-state index is 0.00805. The van der Waals surface area contributed by atoms with Gasteiger partial charge in [0, 0.05) is 65.2 Å². The summed E-state index contributed by atoms with van der Waals surface area (Å²) in [6.07, 6.45) is 1.54. The van der Waals surface area contributed by atoms with Crippen molar-refractivity contribution in [2.24, 2.45) is 0 Å². The highest BCUT2D eigenvalue weighted by Crippen LogP contribution is 2.51. The summed E-state index contributed by atoms with van der Waals surface area (Å²) in [7, 11) is 0. The van der Waals surface area contributed by atoms with Crippen molar-refractivity contribution in [3.63, 3.8) is 0 Å². The van der Waals surface area contributed by atoms with Crippen molar-refractivity contribution in [3.05, 3.63) is 71.3 Å². The Balaban J connectivity index is 1.51. The molecule has 0 amide bonds. The van der Waals surface area contributed by atoms with Crippen LogP contribution in [0.4, 0.5) is 27.6 Å². The molecule has 1 fully saturated rings. The molecular weight excluding hydrogens is 549 g/mol. The van der Waals surface area contributed by atoms with E-state index < -0.39 is 23.1 Å². The summed E-state index contributed by atoms with van der Waals surface area (Å²) in [5.41, 5.74) is 5.78. The Morgan fingerprint density at radius 3 is 2.40 bits per heavy atom. The molecule has 1 aliphatic rings. The molecule has 3 N–H and O–H groups in total. The third-order valence-corrected chi connectivity index (χ3v) is 7.94. The van der Waals surface area contributed by atoms with E-state index in [4.69, 9.17) is 20.6 Å². The SMILES string of the molecule is CC(F)(F)c1cc(F)c(F)cc1-c1sc2c(C=N)c(N)ccc2c1Oc1ccc(OC2CN(CCCF)C2)cc1. The first kappa shape index (κ1) is 27.9. The van der Waals surface area contributed by atoms with Crippen LogP contribution >= 0.6 is 11.3 Å². The Morgan fingerprint density at radius 1 is 1.07 bits per heavy atom. The first-order valence-electron chi connectivity index (χ1n) is 12.5. The highest BCUT2D eigenvalue weighted by Gasteiger charge is 2.33.